The molecule has 3 aromatic heterocycles. The third kappa shape index (κ3) is 2.54. The number of pyridine rings is 2. The standard InChI is InChI=1S/C29H25N2O/c1-16-10-11-23-24-13-12-22-21-9-7-6-8-20(21)19(4)30-27(22)29(24)32-28(23)26(16)25-14-17(2)18(3)15-31(25)5/h6-15H,1-5H3/q+1/i2D3,3D3,4D3. The minimum atomic E-state index is -2.66. The Morgan fingerprint density at radius 3 is 2.34 bits per heavy atom. The maximum atomic E-state index is 8.13. The summed E-state index contributed by atoms with van der Waals surface area (Å²) in [6, 6.07) is 16.3. The molecule has 0 radical (unpaired) electrons. The van der Waals surface area contributed by atoms with Gasteiger partial charge in [0, 0.05) is 51.2 Å². The highest BCUT2D eigenvalue weighted by molar-refractivity contribution is 6.20. The summed E-state index contributed by atoms with van der Waals surface area (Å²) < 4.78 is 80.4. The first-order valence-corrected chi connectivity index (χ1v) is 10.3. The number of hydrogen-bond donors (Lipinski definition) is 0. The largest absolute Gasteiger partial charge is 0.453 e. The average Bonchev–Trinajstić information content (AvgIpc) is 3.25. The van der Waals surface area contributed by atoms with Crippen LogP contribution in [0.25, 0.3) is 54.9 Å². The van der Waals surface area contributed by atoms with E-state index in [4.69, 9.17) is 16.8 Å². The number of rotatable bonds is 1. The molecule has 0 bridgehead atoms. The molecule has 0 fully saturated rings. The molecule has 0 aliphatic rings. The third-order valence-electron chi connectivity index (χ3n) is 6.22. The highest BCUT2D eigenvalue weighted by Crippen LogP contribution is 2.40. The normalized spacial score (nSPS) is 17.2. The fourth-order valence-corrected chi connectivity index (χ4v) is 4.63. The Hall–Kier alpha value is -3.72. The van der Waals surface area contributed by atoms with Gasteiger partial charge in [-0.3, -0.25) is 0 Å². The zero-order chi connectivity index (χ0) is 29.6. The summed E-state index contributed by atoms with van der Waals surface area (Å²) >= 11 is 0. The van der Waals surface area contributed by atoms with Gasteiger partial charge in [-0.25, -0.2) is 9.55 Å². The molecule has 32 heavy (non-hydrogen) atoms. The van der Waals surface area contributed by atoms with E-state index < -0.39 is 20.6 Å². The van der Waals surface area contributed by atoms with Gasteiger partial charge in [0.2, 0.25) is 5.69 Å². The lowest BCUT2D eigenvalue weighted by molar-refractivity contribution is -0.660. The van der Waals surface area contributed by atoms with Gasteiger partial charge in [0.1, 0.15) is 18.1 Å². The quantitative estimate of drug-likeness (QED) is 0.209. The fraction of sp³-hybridized carbons (Fsp3) is 0.172. The number of aryl methyl sites for hydroxylation is 5. The van der Waals surface area contributed by atoms with Crippen molar-refractivity contribution in [1.29, 1.82) is 0 Å². The minimum Gasteiger partial charge on any atom is -0.453 e. The molecular weight excluding hydrogens is 392 g/mol. The Labute approximate surface area is 199 Å². The van der Waals surface area contributed by atoms with Crippen LogP contribution in [0.3, 0.4) is 0 Å². The summed E-state index contributed by atoms with van der Waals surface area (Å²) in [7, 11) is 1.67. The highest BCUT2D eigenvalue weighted by Gasteiger charge is 2.22. The molecule has 0 atom stereocenters. The van der Waals surface area contributed by atoms with Crippen LogP contribution in [0.2, 0.25) is 0 Å². The van der Waals surface area contributed by atoms with Crippen LogP contribution in [0.4, 0.5) is 0 Å². The van der Waals surface area contributed by atoms with E-state index in [0.29, 0.717) is 33.3 Å². The lowest BCUT2D eigenvalue weighted by atomic mass is 9.98. The first-order chi connectivity index (χ1) is 19.1. The van der Waals surface area contributed by atoms with Crippen LogP contribution < -0.4 is 4.57 Å². The Morgan fingerprint density at radius 2 is 1.53 bits per heavy atom. The first kappa shape index (κ1) is 11.8. The van der Waals surface area contributed by atoms with Crippen molar-refractivity contribution < 1.29 is 21.3 Å². The van der Waals surface area contributed by atoms with Crippen LogP contribution in [-0.2, 0) is 7.05 Å². The molecule has 0 amide bonds. The van der Waals surface area contributed by atoms with Crippen LogP contribution in [-0.4, -0.2) is 4.98 Å². The van der Waals surface area contributed by atoms with Gasteiger partial charge >= 0.3 is 0 Å². The van der Waals surface area contributed by atoms with Gasteiger partial charge in [-0.2, -0.15) is 0 Å². The molecule has 0 spiro atoms. The first-order valence-electron chi connectivity index (χ1n) is 14.8. The molecule has 156 valence electrons. The van der Waals surface area contributed by atoms with Gasteiger partial charge in [-0.1, -0.05) is 42.5 Å². The second-order valence-electron chi connectivity index (χ2n) is 8.18. The van der Waals surface area contributed by atoms with E-state index in [1.165, 1.54) is 12.3 Å². The van der Waals surface area contributed by atoms with Gasteiger partial charge in [0.15, 0.2) is 11.8 Å². The molecule has 6 rings (SSSR count). The van der Waals surface area contributed by atoms with Crippen molar-refractivity contribution in [2.45, 2.75) is 27.5 Å². The second-order valence-corrected chi connectivity index (χ2v) is 8.18. The van der Waals surface area contributed by atoms with Crippen molar-refractivity contribution in [2.24, 2.45) is 7.05 Å². The van der Waals surface area contributed by atoms with Crippen LogP contribution >= 0.6 is 0 Å². The van der Waals surface area contributed by atoms with Gasteiger partial charge in [0.05, 0.1) is 5.56 Å². The maximum Gasteiger partial charge on any atom is 0.216 e. The van der Waals surface area contributed by atoms with Crippen LogP contribution in [0.1, 0.15) is 34.7 Å². The molecule has 0 saturated heterocycles. The van der Waals surface area contributed by atoms with E-state index in [-0.39, 0.29) is 16.8 Å². The Bertz CT molecular complexity index is 2030. The monoisotopic (exact) mass is 426 g/mol. The van der Waals surface area contributed by atoms with Crippen molar-refractivity contribution in [3.8, 4) is 11.3 Å². The van der Waals surface area contributed by atoms with Crippen LogP contribution in [0.15, 0.2) is 65.2 Å². The van der Waals surface area contributed by atoms with E-state index in [9.17, 15) is 0 Å². The highest BCUT2D eigenvalue weighted by atomic mass is 16.3. The Morgan fingerprint density at radius 1 is 0.781 bits per heavy atom. The number of hydrogen-bond acceptors (Lipinski definition) is 2. The SMILES string of the molecule is [2H]C([2H])([2H])c1cc(-c2c(C)ccc3c2oc2c3ccc3c4ccccc4c(C([2H])([2H])[2H])nc32)[n+](C)cc1C([2H])([2H])[2H]. The van der Waals surface area contributed by atoms with E-state index in [1.54, 1.807) is 23.7 Å². The number of aromatic nitrogens is 2. The van der Waals surface area contributed by atoms with Gasteiger partial charge in [0.25, 0.3) is 0 Å². The molecule has 0 unspecified atom stereocenters. The van der Waals surface area contributed by atoms with Crippen molar-refractivity contribution in [1.82, 2.24) is 4.98 Å². The van der Waals surface area contributed by atoms with Crippen molar-refractivity contribution >= 4 is 43.6 Å². The van der Waals surface area contributed by atoms with Crippen LogP contribution in [0, 0.1) is 27.5 Å². The maximum absolute atomic E-state index is 8.13. The molecule has 3 nitrogen and oxygen atoms in total. The van der Waals surface area contributed by atoms with Crippen molar-refractivity contribution in [3.63, 3.8) is 0 Å². The average molecular weight is 427 g/mol. The summed E-state index contributed by atoms with van der Waals surface area (Å²) in [6.07, 6.45) is 1.34. The molecule has 0 aliphatic carbocycles. The topological polar surface area (TPSA) is 29.9 Å². The molecule has 6 aromatic rings. The van der Waals surface area contributed by atoms with Gasteiger partial charge in [-0.05, 0) is 50.1 Å². The lowest BCUT2D eigenvalue weighted by Crippen LogP contribution is -2.31. The summed E-state index contributed by atoms with van der Waals surface area (Å²) in [5.74, 6) is 0. The number of benzene rings is 3. The van der Waals surface area contributed by atoms with E-state index in [2.05, 4.69) is 4.98 Å². The third-order valence-corrected chi connectivity index (χ3v) is 6.22. The Balaban J connectivity index is 1.73. The summed E-state index contributed by atoms with van der Waals surface area (Å²) in [5, 5.41) is 3.51. The van der Waals surface area contributed by atoms with Crippen molar-refractivity contribution in [3.05, 3.63) is 83.2 Å². The molecule has 3 aromatic carbocycles. The minimum absolute atomic E-state index is 0.0149. The van der Waals surface area contributed by atoms with Crippen LogP contribution in [0.5, 0.6) is 0 Å². The van der Waals surface area contributed by atoms with E-state index in [0.717, 1.165) is 27.1 Å². The predicted molar refractivity (Wildman–Crippen MR) is 132 cm³/mol. The van der Waals surface area contributed by atoms with Gasteiger partial charge in [-0.15, -0.1) is 0 Å². The van der Waals surface area contributed by atoms with Gasteiger partial charge < -0.3 is 4.42 Å². The van der Waals surface area contributed by atoms with Crippen molar-refractivity contribution in [2.75, 3.05) is 0 Å². The summed E-state index contributed by atoms with van der Waals surface area (Å²) in [6.45, 7) is -5.86. The predicted octanol–water partition coefficient (Wildman–Crippen LogP) is 7.01. The van der Waals surface area contributed by atoms with E-state index in [1.807, 2.05) is 43.3 Å². The second kappa shape index (κ2) is 6.64. The zero-order valence-electron chi connectivity index (χ0n) is 26.6. The lowest BCUT2D eigenvalue weighted by Gasteiger charge is -2.07. The number of fused-ring (bicyclic) bond motifs is 7. The van der Waals surface area contributed by atoms with E-state index >= 15 is 0 Å². The fourth-order valence-electron chi connectivity index (χ4n) is 4.63. The summed E-state index contributed by atoms with van der Waals surface area (Å²) in [4.78, 5) is 4.63. The zero-order valence-corrected chi connectivity index (χ0v) is 17.6. The number of nitrogens with zero attached hydrogens (tertiary/aromatic N) is 2. The number of furan rings is 1. The molecule has 0 aliphatic heterocycles. The molecule has 3 heteroatoms. The molecule has 0 N–H and O–H groups in total. The summed E-state index contributed by atoms with van der Waals surface area (Å²) in [5.41, 5.74) is 2.65. The smallest absolute Gasteiger partial charge is 0.216 e. The molecule has 0 saturated carbocycles. The Kier molecular flexibility index (Phi) is 2.44. The molecular formula is C29H25N2O+. The molecule has 3 heterocycles.